The fraction of sp³-hybridized carbons (Fsp3) is 0.222. The Kier molecular flexibility index (Phi) is 5.30. The minimum atomic E-state index is 0.520. The predicted molar refractivity (Wildman–Crippen MR) is 142 cm³/mol. The molecule has 0 saturated carbocycles. The minimum Gasteiger partial charge on any atom is -0.380 e. The summed E-state index contributed by atoms with van der Waals surface area (Å²) in [4.78, 5) is 17.1. The SMILES string of the molecule is COCc1cc(C)nc2sc3c(nc(-c4ccccc4)c4sc5nc(C)cc(COC)c5c43)c12. The molecular formula is C27H23N3O2S2. The van der Waals surface area contributed by atoms with Crippen LogP contribution in [0.1, 0.15) is 22.5 Å². The van der Waals surface area contributed by atoms with E-state index in [4.69, 9.17) is 24.4 Å². The lowest BCUT2D eigenvalue weighted by atomic mass is 10.0. The summed E-state index contributed by atoms with van der Waals surface area (Å²) in [7, 11) is 3.47. The zero-order valence-corrected chi connectivity index (χ0v) is 21.1. The first-order valence-corrected chi connectivity index (χ1v) is 12.7. The van der Waals surface area contributed by atoms with E-state index in [0.29, 0.717) is 13.2 Å². The van der Waals surface area contributed by atoms with Crippen LogP contribution in [0, 0.1) is 13.8 Å². The third-order valence-corrected chi connectivity index (χ3v) is 8.21. The molecule has 5 nitrogen and oxygen atoms in total. The standard InChI is InChI=1S/C27H23N3O2S2/c1-14-10-17(12-31-3)19-21-24(33-26(19)28-14)22(16-8-6-5-7-9-16)30-23-20-18(13-32-4)11-15(2)29-27(20)34-25(21)23/h5-11H,12-13H2,1-4H3. The Labute approximate surface area is 205 Å². The van der Waals surface area contributed by atoms with Gasteiger partial charge in [-0.2, -0.15) is 0 Å². The summed E-state index contributed by atoms with van der Waals surface area (Å²) >= 11 is 3.42. The van der Waals surface area contributed by atoms with Crippen molar-refractivity contribution < 1.29 is 9.47 Å². The summed E-state index contributed by atoms with van der Waals surface area (Å²) in [5, 5.41) is 3.44. The molecule has 170 valence electrons. The van der Waals surface area contributed by atoms with Crippen LogP contribution in [0.5, 0.6) is 0 Å². The second kappa shape index (κ2) is 8.36. The Morgan fingerprint density at radius 2 is 1.29 bits per heavy atom. The Hall–Kier alpha value is -2.97. The van der Waals surface area contributed by atoms with Crippen LogP contribution in [0.15, 0.2) is 42.5 Å². The number of pyridine rings is 3. The number of nitrogens with zero attached hydrogens (tertiary/aromatic N) is 3. The summed E-state index contributed by atoms with van der Waals surface area (Å²) in [6, 6.07) is 14.7. The van der Waals surface area contributed by atoms with Crippen molar-refractivity contribution in [1.29, 1.82) is 0 Å². The molecule has 5 aromatic heterocycles. The van der Waals surface area contributed by atoms with E-state index in [1.807, 2.05) is 19.9 Å². The monoisotopic (exact) mass is 485 g/mol. The van der Waals surface area contributed by atoms with Crippen LogP contribution in [0.2, 0.25) is 0 Å². The highest BCUT2D eigenvalue weighted by Gasteiger charge is 2.23. The summed E-state index contributed by atoms with van der Waals surface area (Å²) in [6.07, 6.45) is 0. The third kappa shape index (κ3) is 3.31. The van der Waals surface area contributed by atoms with E-state index in [1.54, 1.807) is 36.9 Å². The van der Waals surface area contributed by atoms with Crippen molar-refractivity contribution in [2.24, 2.45) is 0 Å². The first-order valence-electron chi connectivity index (χ1n) is 11.1. The van der Waals surface area contributed by atoms with Crippen molar-refractivity contribution >= 4 is 63.4 Å². The minimum absolute atomic E-state index is 0.520. The molecule has 0 radical (unpaired) electrons. The van der Waals surface area contributed by atoms with Crippen molar-refractivity contribution in [2.45, 2.75) is 27.1 Å². The van der Waals surface area contributed by atoms with Crippen LogP contribution in [0.4, 0.5) is 0 Å². The molecule has 0 N–H and O–H groups in total. The smallest absolute Gasteiger partial charge is 0.126 e. The van der Waals surface area contributed by atoms with Gasteiger partial charge in [0.2, 0.25) is 0 Å². The highest BCUT2D eigenvalue weighted by molar-refractivity contribution is 7.29. The van der Waals surface area contributed by atoms with E-state index in [-0.39, 0.29) is 0 Å². The molecule has 0 aliphatic heterocycles. The van der Waals surface area contributed by atoms with E-state index in [0.717, 1.165) is 69.1 Å². The van der Waals surface area contributed by atoms with Gasteiger partial charge in [0.1, 0.15) is 9.66 Å². The lowest BCUT2D eigenvalue weighted by molar-refractivity contribution is 0.186. The van der Waals surface area contributed by atoms with Gasteiger partial charge in [0.15, 0.2) is 0 Å². The number of hydrogen-bond acceptors (Lipinski definition) is 7. The van der Waals surface area contributed by atoms with Crippen molar-refractivity contribution in [3.05, 3.63) is 65.0 Å². The number of ether oxygens (including phenoxy) is 2. The molecule has 0 amide bonds. The van der Waals surface area contributed by atoms with Gasteiger partial charge in [-0.15, -0.1) is 22.7 Å². The van der Waals surface area contributed by atoms with E-state index >= 15 is 0 Å². The fourth-order valence-corrected chi connectivity index (χ4v) is 7.37. The van der Waals surface area contributed by atoms with Crippen LogP contribution < -0.4 is 0 Å². The van der Waals surface area contributed by atoms with Crippen LogP contribution in [0.3, 0.4) is 0 Å². The molecule has 1 aromatic carbocycles. The summed E-state index contributed by atoms with van der Waals surface area (Å²) in [5.41, 5.74) is 7.31. The maximum absolute atomic E-state index is 5.60. The normalized spacial score (nSPS) is 12.0. The van der Waals surface area contributed by atoms with Crippen LogP contribution in [-0.4, -0.2) is 29.2 Å². The topological polar surface area (TPSA) is 57.1 Å². The molecule has 0 aliphatic carbocycles. The molecule has 0 saturated heterocycles. The lowest BCUT2D eigenvalue weighted by Gasteiger charge is -2.08. The molecule has 34 heavy (non-hydrogen) atoms. The van der Waals surface area contributed by atoms with Gasteiger partial charge in [-0.25, -0.2) is 15.0 Å². The molecule has 6 aromatic rings. The maximum Gasteiger partial charge on any atom is 0.126 e. The lowest BCUT2D eigenvalue weighted by Crippen LogP contribution is -1.94. The first kappa shape index (κ1) is 21.6. The average Bonchev–Trinajstić information content (AvgIpc) is 3.37. The molecule has 0 aliphatic rings. The molecule has 0 spiro atoms. The molecule has 0 fully saturated rings. The quantitative estimate of drug-likeness (QED) is 0.259. The van der Waals surface area contributed by atoms with Crippen molar-refractivity contribution in [2.75, 3.05) is 14.2 Å². The highest BCUT2D eigenvalue weighted by Crippen LogP contribution is 2.48. The molecule has 0 bridgehead atoms. The third-order valence-electron chi connectivity index (χ3n) is 6.03. The van der Waals surface area contributed by atoms with E-state index in [1.165, 1.54) is 5.39 Å². The molecule has 0 unspecified atom stereocenters. The maximum atomic E-state index is 5.60. The summed E-state index contributed by atoms with van der Waals surface area (Å²) in [5.74, 6) is 0. The predicted octanol–water partition coefficient (Wildman–Crippen LogP) is 7.18. The van der Waals surface area contributed by atoms with Gasteiger partial charge in [0.25, 0.3) is 0 Å². The number of thiophene rings is 2. The first-order chi connectivity index (χ1) is 16.6. The van der Waals surface area contributed by atoms with Gasteiger partial charge in [0, 0.05) is 47.3 Å². The summed E-state index contributed by atoms with van der Waals surface area (Å²) < 4.78 is 13.5. The Morgan fingerprint density at radius 1 is 0.706 bits per heavy atom. The molecule has 0 atom stereocenters. The van der Waals surface area contributed by atoms with Gasteiger partial charge >= 0.3 is 0 Å². The largest absolute Gasteiger partial charge is 0.380 e. The Bertz CT molecular complexity index is 1700. The molecular weight excluding hydrogens is 462 g/mol. The Morgan fingerprint density at radius 3 is 1.94 bits per heavy atom. The zero-order chi connectivity index (χ0) is 23.4. The fourth-order valence-electron chi connectivity index (χ4n) is 4.76. The average molecular weight is 486 g/mol. The van der Waals surface area contributed by atoms with Crippen LogP contribution in [0.25, 0.3) is 52.0 Å². The number of aryl methyl sites for hydroxylation is 2. The van der Waals surface area contributed by atoms with Gasteiger partial charge in [-0.05, 0) is 37.1 Å². The van der Waals surface area contributed by atoms with Crippen molar-refractivity contribution in [1.82, 2.24) is 15.0 Å². The van der Waals surface area contributed by atoms with Gasteiger partial charge in [0.05, 0.1) is 33.8 Å². The van der Waals surface area contributed by atoms with E-state index in [9.17, 15) is 0 Å². The van der Waals surface area contributed by atoms with Gasteiger partial charge in [-0.3, -0.25) is 0 Å². The number of hydrogen-bond donors (Lipinski definition) is 0. The van der Waals surface area contributed by atoms with E-state index < -0.39 is 0 Å². The Balaban J connectivity index is 1.87. The molecule has 7 heteroatoms. The van der Waals surface area contributed by atoms with Crippen LogP contribution >= 0.6 is 22.7 Å². The number of aromatic nitrogens is 3. The van der Waals surface area contributed by atoms with Crippen LogP contribution in [-0.2, 0) is 22.7 Å². The summed E-state index contributed by atoms with van der Waals surface area (Å²) in [6.45, 7) is 5.13. The zero-order valence-electron chi connectivity index (χ0n) is 19.4. The highest BCUT2D eigenvalue weighted by atomic mass is 32.1. The van der Waals surface area contributed by atoms with E-state index in [2.05, 4.69) is 36.4 Å². The number of benzene rings is 1. The second-order valence-electron chi connectivity index (χ2n) is 8.48. The molecule has 5 heterocycles. The van der Waals surface area contributed by atoms with Gasteiger partial charge < -0.3 is 9.47 Å². The number of rotatable bonds is 5. The number of fused-ring (bicyclic) bond motifs is 7. The number of methoxy groups -OCH3 is 2. The second-order valence-corrected chi connectivity index (χ2v) is 10.5. The van der Waals surface area contributed by atoms with Crippen molar-refractivity contribution in [3.8, 4) is 11.3 Å². The molecule has 6 rings (SSSR count). The van der Waals surface area contributed by atoms with Gasteiger partial charge in [-0.1, -0.05) is 30.3 Å². The van der Waals surface area contributed by atoms with Crippen molar-refractivity contribution in [3.63, 3.8) is 0 Å².